The third kappa shape index (κ3) is 3.30. The summed E-state index contributed by atoms with van der Waals surface area (Å²) >= 11 is 0. The largest absolute Gasteiger partial charge is 0.479 e. The van der Waals surface area contributed by atoms with Crippen molar-refractivity contribution in [2.75, 3.05) is 0 Å². The Hall–Kier alpha value is -1.86. The van der Waals surface area contributed by atoms with Crippen molar-refractivity contribution >= 4 is 5.97 Å². The molecule has 0 bridgehead atoms. The fourth-order valence-corrected chi connectivity index (χ4v) is 1.67. The Morgan fingerprint density at radius 3 is 2.76 bits per heavy atom. The molecule has 1 aromatic carbocycles. The van der Waals surface area contributed by atoms with Gasteiger partial charge in [0.05, 0.1) is 6.07 Å². The van der Waals surface area contributed by atoms with Crippen molar-refractivity contribution < 1.29 is 15.0 Å². The van der Waals surface area contributed by atoms with Crippen molar-refractivity contribution in [2.24, 2.45) is 0 Å². The second kappa shape index (κ2) is 6.02. The van der Waals surface area contributed by atoms with Crippen LogP contribution in [0.1, 0.15) is 36.1 Å². The average molecular weight is 233 g/mol. The fourth-order valence-electron chi connectivity index (χ4n) is 1.67. The smallest absolute Gasteiger partial charge is 0.337 e. The van der Waals surface area contributed by atoms with Crippen LogP contribution < -0.4 is 0 Å². The zero-order valence-electron chi connectivity index (χ0n) is 9.68. The molecule has 2 N–H and O–H groups in total. The zero-order chi connectivity index (χ0) is 12.8. The van der Waals surface area contributed by atoms with Gasteiger partial charge in [-0.2, -0.15) is 5.26 Å². The molecule has 90 valence electrons. The number of benzene rings is 1. The molecule has 0 heterocycles. The zero-order valence-corrected chi connectivity index (χ0v) is 9.68. The summed E-state index contributed by atoms with van der Waals surface area (Å²) in [5.41, 5.74) is 2.09. The number of carboxylic acid groups (broad SMARTS) is 1. The quantitative estimate of drug-likeness (QED) is 0.812. The maximum Gasteiger partial charge on any atom is 0.337 e. The van der Waals surface area contributed by atoms with E-state index in [0.29, 0.717) is 18.4 Å². The predicted octanol–water partition coefficient (Wildman–Crippen LogP) is 1.82. The van der Waals surface area contributed by atoms with Crippen molar-refractivity contribution in [3.63, 3.8) is 0 Å². The normalized spacial score (nSPS) is 11.8. The molecule has 0 amide bonds. The number of carboxylic acids is 1. The fraction of sp³-hybridized carbons (Fsp3) is 0.385. The Bertz CT molecular complexity index is 448. The van der Waals surface area contributed by atoms with Crippen LogP contribution in [0.3, 0.4) is 0 Å². The molecule has 1 aromatic rings. The standard InChI is InChI=1S/C13H15NO3/c1-2-9-5-6-10(4-3-7-14)11(8-9)12(15)13(16)17/h5-6,8,12,15H,2-4H2,1H3,(H,16,17). The maximum absolute atomic E-state index is 10.8. The van der Waals surface area contributed by atoms with Crippen LogP contribution in [0, 0.1) is 11.3 Å². The van der Waals surface area contributed by atoms with Crippen LogP contribution in [0.15, 0.2) is 18.2 Å². The van der Waals surface area contributed by atoms with Crippen molar-refractivity contribution in [1.82, 2.24) is 0 Å². The highest BCUT2D eigenvalue weighted by Crippen LogP contribution is 2.22. The van der Waals surface area contributed by atoms with E-state index in [1.165, 1.54) is 0 Å². The van der Waals surface area contributed by atoms with Crippen LogP contribution >= 0.6 is 0 Å². The van der Waals surface area contributed by atoms with E-state index in [2.05, 4.69) is 0 Å². The van der Waals surface area contributed by atoms with E-state index < -0.39 is 12.1 Å². The molecule has 1 atom stereocenters. The summed E-state index contributed by atoms with van der Waals surface area (Å²) in [6, 6.07) is 7.39. The molecule has 0 saturated carbocycles. The van der Waals surface area contributed by atoms with Gasteiger partial charge in [-0.1, -0.05) is 25.1 Å². The number of aliphatic hydroxyl groups is 1. The van der Waals surface area contributed by atoms with E-state index in [1.807, 2.05) is 19.1 Å². The molecule has 0 aromatic heterocycles. The van der Waals surface area contributed by atoms with E-state index in [1.54, 1.807) is 12.1 Å². The molecular weight excluding hydrogens is 218 g/mol. The van der Waals surface area contributed by atoms with Crippen molar-refractivity contribution in [3.8, 4) is 6.07 Å². The molecule has 0 fully saturated rings. The van der Waals surface area contributed by atoms with E-state index >= 15 is 0 Å². The van der Waals surface area contributed by atoms with Gasteiger partial charge in [0.2, 0.25) is 0 Å². The van der Waals surface area contributed by atoms with Crippen molar-refractivity contribution in [3.05, 3.63) is 34.9 Å². The van der Waals surface area contributed by atoms with Gasteiger partial charge in [-0.05, 0) is 29.5 Å². The SMILES string of the molecule is CCc1ccc(CCC#N)c(C(O)C(=O)O)c1. The highest BCUT2D eigenvalue weighted by atomic mass is 16.4. The number of aliphatic carboxylic acids is 1. The van der Waals surface area contributed by atoms with Crippen LogP contribution in [-0.4, -0.2) is 16.2 Å². The first-order valence-electron chi connectivity index (χ1n) is 5.49. The average Bonchev–Trinajstić information content (AvgIpc) is 2.35. The van der Waals surface area contributed by atoms with Gasteiger partial charge in [0.15, 0.2) is 6.10 Å². The third-order valence-corrected chi connectivity index (χ3v) is 2.65. The summed E-state index contributed by atoms with van der Waals surface area (Å²) in [6.07, 6.45) is 0.0262. The topological polar surface area (TPSA) is 81.3 Å². The number of nitrogens with zero attached hydrogens (tertiary/aromatic N) is 1. The van der Waals surface area contributed by atoms with Gasteiger partial charge in [-0.15, -0.1) is 0 Å². The minimum absolute atomic E-state index is 0.310. The minimum Gasteiger partial charge on any atom is -0.479 e. The van der Waals surface area contributed by atoms with Crippen LogP contribution in [0.2, 0.25) is 0 Å². The van der Waals surface area contributed by atoms with Gasteiger partial charge in [0.1, 0.15) is 0 Å². The Kier molecular flexibility index (Phi) is 4.68. The van der Waals surface area contributed by atoms with Gasteiger partial charge in [-0.25, -0.2) is 4.79 Å². The van der Waals surface area contributed by atoms with Crippen LogP contribution in [0.5, 0.6) is 0 Å². The molecule has 0 radical (unpaired) electrons. The van der Waals surface area contributed by atoms with E-state index in [-0.39, 0.29) is 0 Å². The summed E-state index contributed by atoms with van der Waals surface area (Å²) in [4.78, 5) is 10.8. The lowest BCUT2D eigenvalue weighted by Gasteiger charge is -2.13. The number of aryl methyl sites for hydroxylation is 2. The number of hydrogen-bond acceptors (Lipinski definition) is 3. The first-order chi connectivity index (χ1) is 8.10. The summed E-state index contributed by atoms with van der Waals surface area (Å²) in [7, 11) is 0. The highest BCUT2D eigenvalue weighted by molar-refractivity contribution is 5.74. The first kappa shape index (κ1) is 13.2. The van der Waals surface area contributed by atoms with Crippen LogP contribution in [0.25, 0.3) is 0 Å². The summed E-state index contributed by atoms with van der Waals surface area (Å²) in [6.45, 7) is 1.96. The molecule has 4 nitrogen and oxygen atoms in total. The van der Waals surface area contributed by atoms with Gasteiger partial charge >= 0.3 is 5.97 Å². The molecule has 0 saturated heterocycles. The summed E-state index contributed by atoms with van der Waals surface area (Å²) in [5.74, 6) is -1.27. The number of hydrogen-bond donors (Lipinski definition) is 2. The Morgan fingerprint density at radius 2 is 2.24 bits per heavy atom. The number of aliphatic hydroxyl groups excluding tert-OH is 1. The molecule has 0 aliphatic rings. The van der Waals surface area contributed by atoms with E-state index in [0.717, 1.165) is 17.5 Å². The maximum atomic E-state index is 10.8. The number of rotatable bonds is 5. The van der Waals surface area contributed by atoms with Crippen LogP contribution in [-0.2, 0) is 17.6 Å². The highest BCUT2D eigenvalue weighted by Gasteiger charge is 2.19. The molecule has 1 unspecified atom stereocenters. The summed E-state index contributed by atoms with van der Waals surface area (Å²) in [5, 5.41) is 27.0. The molecule has 0 spiro atoms. The second-order valence-corrected chi connectivity index (χ2v) is 3.79. The lowest BCUT2D eigenvalue weighted by molar-refractivity contribution is -0.147. The monoisotopic (exact) mass is 233 g/mol. The molecule has 0 aliphatic heterocycles. The number of carbonyl (C=O) groups is 1. The number of nitriles is 1. The second-order valence-electron chi connectivity index (χ2n) is 3.79. The molecule has 4 heteroatoms. The third-order valence-electron chi connectivity index (χ3n) is 2.65. The molecule has 17 heavy (non-hydrogen) atoms. The van der Waals surface area contributed by atoms with Gasteiger partial charge < -0.3 is 10.2 Å². The Morgan fingerprint density at radius 1 is 1.53 bits per heavy atom. The first-order valence-corrected chi connectivity index (χ1v) is 5.49. The van der Waals surface area contributed by atoms with Gasteiger partial charge in [0, 0.05) is 6.42 Å². The molecule has 0 aliphatic carbocycles. The molecular formula is C13H15NO3. The van der Waals surface area contributed by atoms with Crippen molar-refractivity contribution in [2.45, 2.75) is 32.3 Å². The molecule has 1 rings (SSSR count). The van der Waals surface area contributed by atoms with E-state index in [4.69, 9.17) is 10.4 Å². The van der Waals surface area contributed by atoms with Crippen molar-refractivity contribution in [1.29, 1.82) is 5.26 Å². The van der Waals surface area contributed by atoms with E-state index in [9.17, 15) is 9.90 Å². The summed E-state index contributed by atoms with van der Waals surface area (Å²) < 4.78 is 0. The predicted molar refractivity (Wildman–Crippen MR) is 62.3 cm³/mol. The van der Waals surface area contributed by atoms with Gasteiger partial charge in [0.25, 0.3) is 0 Å². The Balaban J connectivity index is 3.11. The van der Waals surface area contributed by atoms with Crippen LogP contribution in [0.4, 0.5) is 0 Å². The lowest BCUT2D eigenvalue weighted by Crippen LogP contribution is -2.13. The minimum atomic E-state index is -1.52. The lowest BCUT2D eigenvalue weighted by atomic mass is 9.95. The van der Waals surface area contributed by atoms with Gasteiger partial charge in [-0.3, -0.25) is 0 Å². The Labute approximate surface area is 100 Å².